The van der Waals surface area contributed by atoms with Gasteiger partial charge < -0.3 is 10.5 Å². The van der Waals surface area contributed by atoms with Gasteiger partial charge in [0, 0.05) is 4.88 Å². The molecule has 2 rings (SSSR count). The molecule has 90 valence electrons. The van der Waals surface area contributed by atoms with Gasteiger partial charge in [-0.2, -0.15) is 0 Å². The monoisotopic (exact) mass is 311 g/mol. The van der Waals surface area contributed by atoms with Crippen LogP contribution in [0.25, 0.3) is 0 Å². The largest absolute Gasteiger partial charge is 0.488 e. The Morgan fingerprint density at radius 2 is 2.00 bits per heavy atom. The summed E-state index contributed by atoms with van der Waals surface area (Å²) in [5, 5.41) is 0. The fraction of sp³-hybridized carbons (Fsp3) is 0.231. The number of nitrogens with two attached hydrogens (primary N) is 1. The molecule has 17 heavy (non-hydrogen) atoms. The fourth-order valence-corrected chi connectivity index (χ4v) is 2.98. The highest BCUT2D eigenvalue weighted by molar-refractivity contribution is 9.11. The first-order valence-corrected chi connectivity index (χ1v) is 7.05. The molecule has 0 unspecified atom stereocenters. The summed E-state index contributed by atoms with van der Waals surface area (Å²) in [6.45, 7) is 1.25. The molecule has 4 heteroatoms. The lowest BCUT2D eigenvalue weighted by molar-refractivity contribution is 0.306. The smallest absolute Gasteiger partial charge is 0.123 e. The third kappa shape index (κ3) is 3.56. The van der Waals surface area contributed by atoms with Gasteiger partial charge in [-0.05, 0) is 52.7 Å². The molecule has 2 nitrogen and oxygen atoms in total. The van der Waals surface area contributed by atoms with Crippen LogP contribution in [0, 0.1) is 0 Å². The minimum Gasteiger partial charge on any atom is -0.488 e. The van der Waals surface area contributed by atoms with Crippen molar-refractivity contribution in [1.82, 2.24) is 0 Å². The SMILES string of the molecule is NCCc1ccccc1OCc1ccc(Br)s1. The van der Waals surface area contributed by atoms with Gasteiger partial charge in [0.15, 0.2) is 0 Å². The Balaban J connectivity index is 2.03. The minimum absolute atomic E-state index is 0.609. The molecule has 1 aromatic carbocycles. The highest BCUT2D eigenvalue weighted by Gasteiger charge is 2.03. The van der Waals surface area contributed by atoms with Crippen molar-refractivity contribution in [2.75, 3.05) is 6.54 Å². The molecule has 0 saturated carbocycles. The number of ether oxygens (including phenoxy) is 1. The zero-order valence-corrected chi connectivity index (χ0v) is 11.8. The average molecular weight is 312 g/mol. The lowest BCUT2D eigenvalue weighted by Gasteiger charge is -2.09. The van der Waals surface area contributed by atoms with E-state index in [1.165, 1.54) is 10.4 Å². The van der Waals surface area contributed by atoms with Crippen LogP contribution in [0.2, 0.25) is 0 Å². The zero-order chi connectivity index (χ0) is 12.1. The fourth-order valence-electron chi connectivity index (χ4n) is 1.58. The molecule has 0 bridgehead atoms. The third-order valence-corrected chi connectivity index (χ3v) is 3.98. The van der Waals surface area contributed by atoms with Gasteiger partial charge in [0.2, 0.25) is 0 Å². The predicted octanol–water partition coefficient (Wildman–Crippen LogP) is 3.59. The number of hydrogen-bond donors (Lipinski definition) is 1. The second kappa shape index (κ2) is 6.19. The van der Waals surface area contributed by atoms with Gasteiger partial charge in [0.1, 0.15) is 12.4 Å². The normalized spacial score (nSPS) is 10.5. The van der Waals surface area contributed by atoms with Crippen LogP contribution >= 0.6 is 27.3 Å². The first-order valence-electron chi connectivity index (χ1n) is 5.44. The highest BCUT2D eigenvalue weighted by Crippen LogP contribution is 2.25. The molecule has 0 aliphatic carbocycles. The van der Waals surface area contributed by atoms with E-state index in [0.29, 0.717) is 13.2 Å². The van der Waals surface area contributed by atoms with Crippen LogP contribution < -0.4 is 10.5 Å². The number of halogens is 1. The lowest BCUT2D eigenvalue weighted by Crippen LogP contribution is -2.05. The summed E-state index contributed by atoms with van der Waals surface area (Å²) in [5.41, 5.74) is 6.75. The summed E-state index contributed by atoms with van der Waals surface area (Å²) in [7, 11) is 0. The maximum atomic E-state index is 5.82. The molecule has 0 saturated heterocycles. The van der Waals surface area contributed by atoms with Crippen molar-refractivity contribution in [3.63, 3.8) is 0 Å². The van der Waals surface area contributed by atoms with E-state index in [4.69, 9.17) is 10.5 Å². The minimum atomic E-state index is 0.609. The molecular formula is C13H14BrNOS. The lowest BCUT2D eigenvalue weighted by atomic mass is 10.1. The molecule has 0 radical (unpaired) electrons. The molecule has 0 amide bonds. The number of thiophene rings is 1. The highest BCUT2D eigenvalue weighted by atomic mass is 79.9. The van der Waals surface area contributed by atoms with Gasteiger partial charge in [-0.15, -0.1) is 11.3 Å². The summed E-state index contributed by atoms with van der Waals surface area (Å²) >= 11 is 5.14. The van der Waals surface area contributed by atoms with E-state index in [1.807, 2.05) is 24.3 Å². The maximum absolute atomic E-state index is 5.82. The van der Waals surface area contributed by atoms with Crippen molar-refractivity contribution in [1.29, 1.82) is 0 Å². The number of rotatable bonds is 5. The van der Waals surface area contributed by atoms with Gasteiger partial charge in [0.25, 0.3) is 0 Å². The van der Waals surface area contributed by atoms with E-state index in [9.17, 15) is 0 Å². The van der Waals surface area contributed by atoms with Crippen molar-refractivity contribution in [3.05, 3.63) is 50.6 Å². The van der Waals surface area contributed by atoms with Crippen LogP contribution in [0.4, 0.5) is 0 Å². The molecule has 0 aliphatic heterocycles. The van der Waals surface area contributed by atoms with Crippen LogP contribution in [-0.4, -0.2) is 6.54 Å². The second-order valence-corrected chi connectivity index (χ2v) is 6.19. The molecule has 0 atom stereocenters. The zero-order valence-electron chi connectivity index (χ0n) is 9.36. The van der Waals surface area contributed by atoms with Gasteiger partial charge >= 0.3 is 0 Å². The summed E-state index contributed by atoms with van der Waals surface area (Å²) in [4.78, 5) is 1.21. The molecule has 0 fully saturated rings. The van der Waals surface area contributed by atoms with E-state index >= 15 is 0 Å². The standard InChI is InChI=1S/C13H14BrNOS/c14-13-6-5-11(17-13)9-16-12-4-2-1-3-10(12)7-8-15/h1-6H,7-9,15H2. The number of hydrogen-bond acceptors (Lipinski definition) is 3. The second-order valence-electron chi connectivity index (χ2n) is 3.64. The molecule has 2 N–H and O–H groups in total. The van der Waals surface area contributed by atoms with Crippen LogP contribution in [0.15, 0.2) is 40.2 Å². The quantitative estimate of drug-likeness (QED) is 0.916. The molecular weight excluding hydrogens is 298 g/mol. The van der Waals surface area contributed by atoms with E-state index in [-0.39, 0.29) is 0 Å². The van der Waals surface area contributed by atoms with Gasteiger partial charge in [-0.25, -0.2) is 0 Å². The van der Waals surface area contributed by atoms with Crippen LogP contribution in [0.1, 0.15) is 10.4 Å². The van der Waals surface area contributed by atoms with Crippen LogP contribution in [-0.2, 0) is 13.0 Å². The van der Waals surface area contributed by atoms with Gasteiger partial charge in [-0.3, -0.25) is 0 Å². The molecule has 0 aliphatic rings. The predicted molar refractivity (Wildman–Crippen MR) is 75.6 cm³/mol. The van der Waals surface area contributed by atoms with Crippen molar-refractivity contribution in [2.45, 2.75) is 13.0 Å². The maximum Gasteiger partial charge on any atom is 0.123 e. The van der Waals surface area contributed by atoms with Crippen molar-refractivity contribution in [2.24, 2.45) is 5.73 Å². The topological polar surface area (TPSA) is 35.2 Å². The van der Waals surface area contributed by atoms with Gasteiger partial charge in [-0.1, -0.05) is 18.2 Å². The summed E-state index contributed by atoms with van der Waals surface area (Å²) in [6.07, 6.45) is 0.851. The van der Waals surface area contributed by atoms with Crippen molar-refractivity contribution < 1.29 is 4.74 Å². The molecule has 2 aromatic rings. The van der Waals surface area contributed by atoms with Crippen LogP contribution in [0.5, 0.6) is 5.75 Å². The van der Waals surface area contributed by atoms with Crippen molar-refractivity contribution >= 4 is 27.3 Å². The summed E-state index contributed by atoms with van der Waals surface area (Å²) in [5.74, 6) is 0.933. The van der Waals surface area contributed by atoms with E-state index < -0.39 is 0 Å². The van der Waals surface area contributed by atoms with E-state index in [2.05, 4.69) is 28.1 Å². The average Bonchev–Trinajstić information content (AvgIpc) is 2.74. The molecule has 0 spiro atoms. The Hall–Kier alpha value is -0.840. The van der Waals surface area contributed by atoms with Crippen LogP contribution in [0.3, 0.4) is 0 Å². The van der Waals surface area contributed by atoms with Gasteiger partial charge in [0.05, 0.1) is 3.79 Å². The Morgan fingerprint density at radius 1 is 1.18 bits per heavy atom. The Bertz CT molecular complexity index is 484. The third-order valence-electron chi connectivity index (χ3n) is 2.39. The van der Waals surface area contributed by atoms with Crippen molar-refractivity contribution in [3.8, 4) is 5.75 Å². The Morgan fingerprint density at radius 3 is 2.71 bits per heavy atom. The van der Waals surface area contributed by atoms with E-state index in [0.717, 1.165) is 16.0 Å². The first kappa shape index (κ1) is 12.6. The molecule has 1 heterocycles. The number of para-hydroxylation sites is 1. The first-order chi connectivity index (χ1) is 8.29. The summed E-state index contributed by atoms with van der Waals surface area (Å²) in [6, 6.07) is 12.2. The Kier molecular flexibility index (Phi) is 4.59. The Labute approximate surface area is 114 Å². The summed E-state index contributed by atoms with van der Waals surface area (Å²) < 4.78 is 6.95. The van der Waals surface area contributed by atoms with E-state index in [1.54, 1.807) is 11.3 Å². The number of benzene rings is 1. The molecule has 1 aromatic heterocycles.